The topological polar surface area (TPSA) is 67.3 Å². The lowest BCUT2D eigenvalue weighted by Crippen LogP contribution is -2.10. The monoisotopic (exact) mass is 183 g/mol. The lowest BCUT2D eigenvalue weighted by Gasteiger charge is -2.03. The molecule has 1 aromatic heterocycles. The molecule has 2 N–H and O–H groups in total. The first-order valence-corrected chi connectivity index (χ1v) is 4.01. The summed E-state index contributed by atoms with van der Waals surface area (Å²) in [6.07, 6.45) is 3.17. The summed E-state index contributed by atoms with van der Waals surface area (Å²) in [5.41, 5.74) is 0.706. The fraction of sp³-hybridized carbons (Fsp3) is 0.500. The molecule has 0 bridgehead atoms. The van der Waals surface area contributed by atoms with Gasteiger partial charge in [-0.3, -0.25) is 0 Å². The molecule has 0 aliphatic carbocycles. The minimum absolute atomic E-state index is 0.0294. The van der Waals surface area contributed by atoms with Crippen LogP contribution in [0.25, 0.3) is 0 Å². The Labute approximate surface area is 76.8 Å². The third-order valence-electron chi connectivity index (χ3n) is 1.48. The zero-order chi connectivity index (χ0) is 9.52. The van der Waals surface area contributed by atoms with Crippen molar-refractivity contribution in [2.45, 2.75) is 6.61 Å². The van der Waals surface area contributed by atoms with Gasteiger partial charge in [-0.15, -0.1) is 0 Å². The van der Waals surface area contributed by atoms with Crippen LogP contribution >= 0.6 is 0 Å². The molecule has 0 atom stereocenters. The normalized spacial score (nSPS) is 10.0. The van der Waals surface area contributed by atoms with Crippen molar-refractivity contribution in [2.75, 3.05) is 25.6 Å². The lowest BCUT2D eigenvalue weighted by molar-refractivity contribution is 0.210. The number of nitrogens with one attached hydrogen (secondary N) is 1. The van der Waals surface area contributed by atoms with E-state index in [1.165, 1.54) is 0 Å². The molecule has 0 saturated carbocycles. The summed E-state index contributed by atoms with van der Waals surface area (Å²) in [4.78, 5) is 7.97. The molecule has 0 aromatic carbocycles. The quantitative estimate of drug-likeness (QED) is 0.630. The zero-order valence-electron chi connectivity index (χ0n) is 7.53. The first kappa shape index (κ1) is 9.88. The van der Waals surface area contributed by atoms with E-state index in [9.17, 15) is 0 Å². The number of methoxy groups -OCH3 is 1. The Morgan fingerprint density at radius 1 is 1.46 bits per heavy atom. The summed E-state index contributed by atoms with van der Waals surface area (Å²) in [7, 11) is 1.64. The molecule has 1 heterocycles. The maximum atomic E-state index is 8.72. The largest absolute Gasteiger partial charge is 0.392 e. The van der Waals surface area contributed by atoms with E-state index >= 15 is 0 Å². The average molecular weight is 183 g/mol. The van der Waals surface area contributed by atoms with E-state index in [1.807, 2.05) is 0 Å². The van der Waals surface area contributed by atoms with Crippen LogP contribution in [0.2, 0.25) is 0 Å². The van der Waals surface area contributed by atoms with Gasteiger partial charge in [0.2, 0.25) is 5.95 Å². The van der Waals surface area contributed by atoms with Gasteiger partial charge in [-0.1, -0.05) is 0 Å². The highest BCUT2D eigenvalue weighted by Gasteiger charge is 1.94. The maximum Gasteiger partial charge on any atom is 0.222 e. The number of hydrogen-bond donors (Lipinski definition) is 2. The van der Waals surface area contributed by atoms with Crippen molar-refractivity contribution < 1.29 is 9.84 Å². The van der Waals surface area contributed by atoms with E-state index in [-0.39, 0.29) is 6.61 Å². The van der Waals surface area contributed by atoms with Crippen molar-refractivity contribution in [3.63, 3.8) is 0 Å². The minimum Gasteiger partial charge on any atom is -0.392 e. The van der Waals surface area contributed by atoms with Crippen LogP contribution in [-0.2, 0) is 11.3 Å². The summed E-state index contributed by atoms with van der Waals surface area (Å²) >= 11 is 0. The molecule has 72 valence electrons. The van der Waals surface area contributed by atoms with Crippen molar-refractivity contribution in [1.82, 2.24) is 9.97 Å². The van der Waals surface area contributed by atoms with Crippen LogP contribution in [0.1, 0.15) is 5.56 Å². The number of ether oxygens (including phenoxy) is 1. The number of anilines is 1. The van der Waals surface area contributed by atoms with Gasteiger partial charge in [-0.05, 0) is 0 Å². The molecule has 0 amide bonds. The molecular formula is C8H13N3O2. The zero-order valence-corrected chi connectivity index (χ0v) is 7.53. The summed E-state index contributed by atoms with van der Waals surface area (Å²) in [6.45, 7) is 1.26. The van der Waals surface area contributed by atoms with Crippen LogP contribution in [-0.4, -0.2) is 35.3 Å². The van der Waals surface area contributed by atoms with Crippen molar-refractivity contribution in [2.24, 2.45) is 0 Å². The smallest absolute Gasteiger partial charge is 0.222 e. The van der Waals surface area contributed by atoms with Gasteiger partial charge < -0.3 is 15.2 Å². The van der Waals surface area contributed by atoms with Gasteiger partial charge in [-0.25, -0.2) is 9.97 Å². The highest BCUT2D eigenvalue weighted by molar-refractivity contribution is 5.24. The Kier molecular flexibility index (Phi) is 4.14. The Morgan fingerprint density at radius 3 is 2.69 bits per heavy atom. The predicted molar refractivity (Wildman–Crippen MR) is 48.3 cm³/mol. The molecule has 0 aliphatic rings. The number of rotatable bonds is 5. The number of aliphatic hydroxyl groups excluding tert-OH is 1. The van der Waals surface area contributed by atoms with Gasteiger partial charge in [0.15, 0.2) is 0 Å². The second-order valence-corrected chi connectivity index (χ2v) is 2.49. The van der Waals surface area contributed by atoms with E-state index in [1.54, 1.807) is 19.5 Å². The van der Waals surface area contributed by atoms with Crippen molar-refractivity contribution in [3.8, 4) is 0 Å². The number of aromatic nitrogens is 2. The Morgan fingerprint density at radius 2 is 2.15 bits per heavy atom. The van der Waals surface area contributed by atoms with Crippen molar-refractivity contribution in [1.29, 1.82) is 0 Å². The number of hydrogen-bond acceptors (Lipinski definition) is 5. The average Bonchev–Trinajstić information content (AvgIpc) is 2.19. The van der Waals surface area contributed by atoms with E-state index in [0.29, 0.717) is 24.7 Å². The molecule has 0 fully saturated rings. The molecule has 0 unspecified atom stereocenters. The van der Waals surface area contributed by atoms with Gasteiger partial charge in [-0.2, -0.15) is 0 Å². The molecule has 5 heteroatoms. The number of nitrogens with zero attached hydrogens (tertiary/aromatic N) is 2. The van der Waals surface area contributed by atoms with Gasteiger partial charge in [0.05, 0.1) is 13.2 Å². The first-order chi connectivity index (χ1) is 6.36. The van der Waals surface area contributed by atoms with Crippen LogP contribution in [0.15, 0.2) is 12.4 Å². The van der Waals surface area contributed by atoms with E-state index < -0.39 is 0 Å². The van der Waals surface area contributed by atoms with Crippen LogP contribution in [0.3, 0.4) is 0 Å². The highest BCUT2D eigenvalue weighted by atomic mass is 16.5. The molecule has 0 spiro atoms. The summed E-state index contributed by atoms with van der Waals surface area (Å²) < 4.78 is 4.85. The summed E-state index contributed by atoms with van der Waals surface area (Å²) in [5.74, 6) is 0.550. The van der Waals surface area contributed by atoms with Crippen molar-refractivity contribution >= 4 is 5.95 Å². The molecule has 13 heavy (non-hydrogen) atoms. The predicted octanol–water partition coefficient (Wildman–Crippen LogP) is 0.0272. The van der Waals surface area contributed by atoms with Gasteiger partial charge in [0.25, 0.3) is 0 Å². The Hall–Kier alpha value is -1.20. The Balaban J connectivity index is 2.40. The van der Waals surface area contributed by atoms with Crippen molar-refractivity contribution in [3.05, 3.63) is 18.0 Å². The molecule has 5 nitrogen and oxygen atoms in total. The van der Waals surface area contributed by atoms with E-state index in [0.717, 1.165) is 0 Å². The standard InChI is InChI=1S/C8H13N3O2/c1-13-3-2-9-8-10-4-7(6-12)5-11-8/h4-5,12H,2-3,6H2,1H3,(H,9,10,11). The molecule has 1 aromatic rings. The second-order valence-electron chi connectivity index (χ2n) is 2.49. The van der Waals surface area contributed by atoms with Gasteiger partial charge >= 0.3 is 0 Å². The van der Waals surface area contributed by atoms with Crippen LogP contribution in [0.5, 0.6) is 0 Å². The molecule has 0 radical (unpaired) electrons. The second kappa shape index (κ2) is 5.45. The Bertz CT molecular complexity index is 238. The van der Waals surface area contributed by atoms with E-state index in [2.05, 4.69) is 15.3 Å². The molecule has 0 aliphatic heterocycles. The third kappa shape index (κ3) is 3.35. The molecule has 1 rings (SSSR count). The first-order valence-electron chi connectivity index (χ1n) is 4.01. The molecular weight excluding hydrogens is 170 g/mol. The van der Waals surface area contributed by atoms with Gasteiger partial charge in [0.1, 0.15) is 0 Å². The minimum atomic E-state index is -0.0294. The number of aliphatic hydroxyl groups is 1. The lowest BCUT2D eigenvalue weighted by atomic mass is 10.4. The fourth-order valence-corrected chi connectivity index (χ4v) is 0.793. The highest BCUT2D eigenvalue weighted by Crippen LogP contribution is 1.98. The third-order valence-corrected chi connectivity index (χ3v) is 1.48. The summed E-state index contributed by atoms with van der Waals surface area (Å²) in [6, 6.07) is 0. The fourth-order valence-electron chi connectivity index (χ4n) is 0.793. The van der Waals surface area contributed by atoms with Crippen LogP contribution in [0, 0.1) is 0 Å². The van der Waals surface area contributed by atoms with Crippen LogP contribution < -0.4 is 5.32 Å². The van der Waals surface area contributed by atoms with E-state index in [4.69, 9.17) is 9.84 Å². The summed E-state index contributed by atoms with van der Waals surface area (Å²) in [5, 5.41) is 11.7. The van der Waals surface area contributed by atoms with Gasteiger partial charge in [0, 0.05) is 31.6 Å². The maximum absolute atomic E-state index is 8.72. The SMILES string of the molecule is COCCNc1ncc(CO)cn1. The van der Waals surface area contributed by atoms with Crippen LogP contribution in [0.4, 0.5) is 5.95 Å². The molecule has 0 saturated heterocycles.